The monoisotopic (exact) mass is 368 g/mol. The third kappa shape index (κ3) is 6.76. The van der Waals surface area contributed by atoms with E-state index < -0.39 is 10.0 Å². The molecule has 0 aromatic heterocycles. The zero-order valence-corrected chi connectivity index (χ0v) is 15.9. The topological polar surface area (TPSA) is 70.9 Å². The van der Waals surface area contributed by atoms with Crippen LogP contribution >= 0.6 is 0 Å². The van der Waals surface area contributed by atoms with Gasteiger partial charge in [0.25, 0.3) is 5.91 Å². The first kappa shape index (κ1) is 19.9. The second-order valence-electron chi connectivity index (χ2n) is 6.62. The number of benzene rings is 1. The number of nitrogens with zero attached hydrogens (tertiary/aromatic N) is 1. The number of carbonyl (C=O) groups is 1. The van der Waals surface area contributed by atoms with Crippen molar-refractivity contribution >= 4 is 15.9 Å². The van der Waals surface area contributed by atoms with Crippen molar-refractivity contribution in [3.63, 3.8) is 0 Å². The molecular weight excluding hydrogens is 338 g/mol. The van der Waals surface area contributed by atoms with Gasteiger partial charge in [-0.3, -0.25) is 4.79 Å². The number of hydrogen-bond acceptors (Lipinski definition) is 3. The summed E-state index contributed by atoms with van der Waals surface area (Å²) in [6, 6.07) is 9.26. The molecule has 1 aliphatic rings. The third-order valence-electron chi connectivity index (χ3n) is 4.53. The molecular formula is C18H30N3O3S+. The van der Waals surface area contributed by atoms with Crippen molar-refractivity contribution < 1.29 is 18.1 Å². The molecule has 0 radical (unpaired) electrons. The fourth-order valence-electron chi connectivity index (χ4n) is 3.03. The molecule has 1 fully saturated rings. The number of nitrogens with one attached hydrogen (secondary N) is 2. The Hall–Kier alpha value is -1.44. The molecule has 1 aliphatic heterocycles. The van der Waals surface area contributed by atoms with Gasteiger partial charge in [0.15, 0.2) is 6.54 Å². The number of carbonyl (C=O) groups excluding carboxylic acids is 1. The molecule has 0 bridgehead atoms. The van der Waals surface area contributed by atoms with Gasteiger partial charge in [0.2, 0.25) is 10.0 Å². The van der Waals surface area contributed by atoms with E-state index in [1.54, 1.807) is 4.31 Å². The quantitative estimate of drug-likeness (QED) is 0.604. The predicted octanol–water partition coefficient (Wildman–Crippen LogP) is 0.0233. The lowest BCUT2D eigenvalue weighted by molar-refractivity contribution is -0.895. The van der Waals surface area contributed by atoms with E-state index in [1.165, 1.54) is 0 Å². The van der Waals surface area contributed by atoms with Crippen LogP contribution in [0, 0.1) is 0 Å². The Morgan fingerprint density at radius 2 is 1.84 bits per heavy atom. The van der Waals surface area contributed by atoms with Gasteiger partial charge in [-0.2, -0.15) is 4.31 Å². The Kier molecular flexibility index (Phi) is 7.87. The van der Waals surface area contributed by atoms with E-state index in [-0.39, 0.29) is 11.7 Å². The van der Waals surface area contributed by atoms with Crippen molar-refractivity contribution in [2.45, 2.75) is 31.9 Å². The molecule has 0 saturated carbocycles. The van der Waals surface area contributed by atoms with E-state index in [0.717, 1.165) is 36.3 Å². The molecule has 2 rings (SSSR count). The number of rotatable bonds is 9. The van der Waals surface area contributed by atoms with Crippen molar-refractivity contribution in [2.75, 3.05) is 39.3 Å². The van der Waals surface area contributed by atoms with Gasteiger partial charge in [-0.25, -0.2) is 8.42 Å². The average Bonchev–Trinajstić information content (AvgIpc) is 2.60. The lowest BCUT2D eigenvalue weighted by Crippen LogP contribution is -3.15. The van der Waals surface area contributed by atoms with Gasteiger partial charge in [0, 0.05) is 6.54 Å². The van der Waals surface area contributed by atoms with Crippen LogP contribution in [0.25, 0.3) is 0 Å². The first-order valence-electron chi connectivity index (χ1n) is 9.13. The van der Waals surface area contributed by atoms with Crippen LogP contribution in [0.1, 0.15) is 31.7 Å². The summed E-state index contributed by atoms with van der Waals surface area (Å²) >= 11 is 0. The zero-order valence-electron chi connectivity index (χ0n) is 15.0. The summed E-state index contributed by atoms with van der Waals surface area (Å²) in [7, 11) is -3.29. The van der Waals surface area contributed by atoms with Gasteiger partial charge in [-0.05, 0) is 12.0 Å². The molecule has 0 aliphatic carbocycles. The average molecular weight is 369 g/mol. The number of amides is 1. The first-order chi connectivity index (χ1) is 12.0. The van der Waals surface area contributed by atoms with Crippen LogP contribution in [-0.2, 0) is 20.6 Å². The molecule has 2 N–H and O–H groups in total. The van der Waals surface area contributed by atoms with Gasteiger partial charge in [-0.1, -0.05) is 50.1 Å². The number of quaternary nitrogens is 1. The van der Waals surface area contributed by atoms with Crippen molar-refractivity contribution in [3.05, 3.63) is 35.9 Å². The molecule has 0 spiro atoms. The van der Waals surface area contributed by atoms with E-state index in [4.69, 9.17) is 0 Å². The highest BCUT2D eigenvalue weighted by molar-refractivity contribution is 7.88. The van der Waals surface area contributed by atoms with Crippen molar-refractivity contribution in [2.24, 2.45) is 0 Å². The zero-order chi connectivity index (χ0) is 18.1. The van der Waals surface area contributed by atoms with Gasteiger partial charge in [-0.15, -0.1) is 0 Å². The largest absolute Gasteiger partial charge is 0.351 e. The van der Waals surface area contributed by atoms with Gasteiger partial charge < -0.3 is 10.2 Å². The van der Waals surface area contributed by atoms with Crippen LogP contribution in [0.15, 0.2) is 30.3 Å². The van der Waals surface area contributed by atoms with E-state index in [0.29, 0.717) is 32.7 Å². The maximum Gasteiger partial charge on any atom is 0.275 e. The van der Waals surface area contributed by atoms with Crippen molar-refractivity contribution in [1.82, 2.24) is 9.62 Å². The molecule has 140 valence electrons. The molecule has 7 heteroatoms. The van der Waals surface area contributed by atoms with Crippen LogP contribution < -0.4 is 10.2 Å². The highest BCUT2D eigenvalue weighted by Crippen LogP contribution is 2.10. The van der Waals surface area contributed by atoms with E-state index in [1.807, 2.05) is 30.3 Å². The van der Waals surface area contributed by atoms with Crippen LogP contribution in [0.5, 0.6) is 0 Å². The number of sulfonamides is 1. The summed E-state index contributed by atoms with van der Waals surface area (Å²) in [5.74, 6) is 0.105. The van der Waals surface area contributed by atoms with E-state index in [9.17, 15) is 13.2 Å². The van der Waals surface area contributed by atoms with Gasteiger partial charge in [0.1, 0.15) is 0 Å². The maximum absolute atomic E-state index is 12.5. The van der Waals surface area contributed by atoms with E-state index in [2.05, 4.69) is 12.2 Å². The summed E-state index contributed by atoms with van der Waals surface area (Å²) in [5, 5.41) is 2.95. The normalized spacial score (nSPS) is 16.7. The second-order valence-corrected chi connectivity index (χ2v) is 8.59. The number of piperazine rings is 1. The Morgan fingerprint density at radius 3 is 2.48 bits per heavy atom. The highest BCUT2D eigenvalue weighted by atomic mass is 32.2. The minimum atomic E-state index is -3.29. The minimum Gasteiger partial charge on any atom is -0.351 e. The van der Waals surface area contributed by atoms with Crippen LogP contribution in [-0.4, -0.2) is 57.9 Å². The molecule has 1 saturated heterocycles. The minimum absolute atomic E-state index is 0.0427. The van der Waals surface area contributed by atoms with Crippen LogP contribution in [0.2, 0.25) is 0 Å². The van der Waals surface area contributed by atoms with Gasteiger partial charge in [0.05, 0.1) is 31.9 Å². The standard InChI is InChI=1S/C18H29N3O3S/c1-2-3-7-10-19-18(22)15-20-11-13-21(14-12-20)25(23,24)16-17-8-5-4-6-9-17/h4-6,8-9H,2-3,7,10-16H2,1H3,(H,19,22)/p+1. The fraction of sp³-hybridized carbons (Fsp3) is 0.611. The van der Waals surface area contributed by atoms with Gasteiger partial charge >= 0.3 is 0 Å². The summed E-state index contributed by atoms with van der Waals surface area (Å²) in [6.45, 7) is 5.61. The first-order valence-corrected chi connectivity index (χ1v) is 10.7. The van der Waals surface area contributed by atoms with Crippen molar-refractivity contribution in [3.8, 4) is 0 Å². The molecule has 1 amide bonds. The molecule has 1 heterocycles. The number of hydrogen-bond donors (Lipinski definition) is 2. The Labute approximate surface area is 151 Å². The van der Waals surface area contributed by atoms with E-state index >= 15 is 0 Å². The Balaban J connectivity index is 1.74. The molecule has 1 aromatic rings. The summed E-state index contributed by atoms with van der Waals surface area (Å²) in [6.07, 6.45) is 3.29. The summed E-state index contributed by atoms with van der Waals surface area (Å²) < 4.78 is 26.6. The maximum atomic E-state index is 12.5. The van der Waals surface area contributed by atoms with Crippen LogP contribution in [0.3, 0.4) is 0 Å². The molecule has 1 aromatic carbocycles. The number of unbranched alkanes of at least 4 members (excludes halogenated alkanes) is 2. The van der Waals surface area contributed by atoms with Crippen molar-refractivity contribution in [1.29, 1.82) is 0 Å². The molecule has 0 unspecified atom stereocenters. The van der Waals surface area contributed by atoms with Crippen LogP contribution in [0.4, 0.5) is 0 Å². The predicted molar refractivity (Wildman–Crippen MR) is 98.7 cm³/mol. The second kappa shape index (κ2) is 9.89. The lowest BCUT2D eigenvalue weighted by atomic mass is 10.2. The summed E-state index contributed by atoms with van der Waals surface area (Å²) in [4.78, 5) is 13.1. The molecule has 0 atom stereocenters. The Bertz CT molecular complexity index is 626. The molecule has 6 nitrogen and oxygen atoms in total. The third-order valence-corrected chi connectivity index (χ3v) is 6.38. The smallest absolute Gasteiger partial charge is 0.275 e. The SMILES string of the molecule is CCCCCNC(=O)C[NH+]1CCN(S(=O)(=O)Cc2ccccc2)CC1. The fourth-order valence-corrected chi connectivity index (χ4v) is 4.56. The highest BCUT2D eigenvalue weighted by Gasteiger charge is 2.29. The summed E-state index contributed by atoms with van der Waals surface area (Å²) in [5.41, 5.74) is 0.809. The Morgan fingerprint density at radius 1 is 1.16 bits per heavy atom. The lowest BCUT2D eigenvalue weighted by Gasteiger charge is -2.31. The molecule has 25 heavy (non-hydrogen) atoms.